The molecular formula is C10H5ClN2O2. The molecule has 2 aromatic carbocycles. The number of hydrogen-bond acceptors (Lipinski definition) is 3. The van der Waals surface area contributed by atoms with Crippen molar-refractivity contribution < 1.29 is 4.63 Å². The van der Waals surface area contributed by atoms with Gasteiger partial charge >= 0.3 is 0 Å². The van der Waals surface area contributed by atoms with Crippen LogP contribution >= 0.6 is 11.6 Å². The lowest BCUT2D eigenvalue weighted by atomic mass is 10.1. The van der Waals surface area contributed by atoms with Gasteiger partial charge in [0.1, 0.15) is 5.52 Å². The van der Waals surface area contributed by atoms with Gasteiger partial charge in [-0.2, -0.15) is 5.16 Å². The molecule has 0 bridgehead atoms. The van der Waals surface area contributed by atoms with Crippen molar-refractivity contribution in [3.8, 4) is 0 Å². The Morgan fingerprint density at radius 2 is 2.20 bits per heavy atom. The van der Waals surface area contributed by atoms with Crippen molar-refractivity contribution in [2.45, 2.75) is 0 Å². The molecule has 1 heterocycles. The highest BCUT2D eigenvalue weighted by molar-refractivity contribution is 6.36. The molecule has 0 aliphatic carbocycles. The highest BCUT2D eigenvalue weighted by atomic mass is 35.5. The lowest BCUT2D eigenvalue weighted by molar-refractivity contribution is 0.316. The zero-order valence-electron chi connectivity index (χ0n) is 7.45. The number of aromatic nitrogens is 2. The van der Waals surface area contributed by atoms with Crippen LogP contribution in [0.25, 0.3) is 21.8 Å². The summed E-state index contributed by atoms with van der Waals surface area (Å²) in [4.78, 5) is 11.2. The van der Waals surface area contributed by atoms with Crippen molar-refractivity contribution in [2.24, 2.45) is 0 Å². The summed E-state index contributed by atoms with van der Waals surface area (Å²) in [6, 6.07) is 6.46. The average molecular weight is 221 g/mol. The fraction of sp³-hybridized carbons (Fsp3) is 0. The Labute approximate surface area is 88.4 Å². The molecule has 0 aliphatic rings. The third-order valence-corrected chi connectivity index (χ3v) is 2.61. The van der Waals surface area contributed by atoms with Gasteiger partial charge in [-0.3, -0.25) is 9.42 Å². The number of nitrogens with one attached hydrogen (secondary N) is 1. The summed E-state index contributed by atoms with van der Waals surface area (Å²) in [6.07, 6.45) is 0. The molecule has 15 heavy (non-hydrogen) atoms. The largest absolute Gasteiger partial charge is 0.290 e. The van der Waals surface area contributed by atoms with Crippen molar-refractivity contribution in [3.05, 3.63) is 39.5 Å². The molecule has 0 spiro atoms. The van der Waals surface area contributed by atoms with Gasteiger partial charge in [-0.05, 0) is 29.7 Å². The summed E-state index contributed by atoms with van der Waals surface area (Å²) in [5.41, 5.74) is 1.23. The maximum absolute atomic E-state index is 11.2. The molecule has 0 fully saturated rings. The summed E-state index contributed by atoms with van der Waals surface area (Å²) in [6.45, 7) is 0. The van der Waals surface area contributed by atoms with Gasteiger partial charge in [-0.25, -0.2) is 0 Å². The predicted molar refractivity (Wildman–Crippen MR) is 57.1 cm³/mol. The number of rotatable bonds is 0. The van der Waals surface area contributed by atoms with Crippen LogP contribution in [0.3, 0.4) is 0 Å². The fourth-order valence-corrected chi connectivity index (χ4v) is 1.89. The molecule has 0 atom stereocenters. The molecule has 1 aromatic heterocycles. The molecule has 0 amide bonds. The third kappa shape index (κ3) is 1.15. The summed E-state index contributed by atoms with van der Waals surface area (Å²) in [5.74, 6) is 0. The lowest BCUT2D eigenvalue weighted by Crippen LogP contribution is -1.94. The maximum atomic E-state index is 11.2. The maximum Gasteiger partial charge on any atom is 0.179 e. The standard InChI is InChI=1S/C10H5ClN2O2/c11-8-4-5-3-6(14)1-2-7(5)9-10(8)13-15-12-9/h1-4,12H. The molecule has 3 rings (SSSR count). The summed E-state index contributed by atoms with van der Waals surface area (Å²) in [7, 11) is 0. The van der Waals surface area contributed by atoms with E-state index in [-0.39, 0.29) is 5.43 Å². The normalized spacial score (nSPS) is 11.3. The summed E-state index contributed by atoms with van der Waals surface area (Å²) in [5, 5.41) is 8.51. The second-order valence-electron chi connectivity index (χ2n) is 3.25. The van der Waals surface area contributed by atoms with E-state index < -0.39 is 0 Å². The van der Waals surface area contributed by atoms with Crippen molar-refractivity contribution in [1.29, 1.82) is 0 Å². The Balaban J connectivity index is 2.65. The van der Waals surface area contributed by atoms with Crippen molar-refractivity contribution in [3.63, 3.8) is 0 Å². The number of hydrogen-bond donors (Lipinski definition) is 1. The zero-order valence-corrected chi connectivity index (χ0v) is 8.21. The first-order valence-corrected chi connectivity index (χ1v) is 4.70. The number of fused-ring (bicyclic) bond motifs is 3. The number of aromatic amines is 1. The molecule has 3 aromatic rings. The Morgan fingerprint density at radius 1 is 1.33 bits per heavy atom. The third-order valence-electron chi connectivity index (χ3n) is 2.32. The highest BCUT2D eigenvalue weighted by Crippen LogP contribution is 2.28. The minimum Gasteiger partial charge on any atom is -0.290 e. The van der Waals surface area contributed by atoms with E-state index in [0.717, 1.165) is 10.8 Å². The Bertz CT molecular complexity index is 714. The van der Waals surface area contributed by atoms with Gasteiger partial charge in [0.05, 0.1) is 5.02 Å². The van der Waals surface area contributed by atoms with Crippen molar-refractivity contribution in [1.82, 2.24) is 10.3 Å². The van der Waals surface area contributed by atoms with Gasteiger partial charge in [0, 0.05) is 5.39 Å². The Morgan fingerprint density at radius 3 is 3.07 bits per heavy atom. The molecule has 0 aliphatic heterocycles. The SMILES string of the molecule is O=c1ccc2c(cc(Cl)c3no[nH]c32)c1. The van der Waals surface area contributed by atoms with E-state index >= 15 is 0 Å². The quantitative estimate of drug-likeness (QED) is 0.633. The van der Waals surface area contributed by atoms with Crippen LogP contribution in [0.1, 0.15) is 0 Å². The van der Waals surface area contributed by atoms with E-state index in [1.54, 1.807) is 12.1 Å². The van der Waals surface area contributed by atoms with Crippen LogP contribution in [-0.2, 0) is 0 Å². The van der Waals surface area contributed by atoms with Gasteiger partial charge in [0.2, 0.25) is 0 Å². The molecule has 0 saturated heterocycles. The minimum absolute atomic E-state index is 0.0469. The molecule has 4 nitrogen and oxygen atoms in total. The second-order valence-corrected chi connectivity index (χ2v) is 3.66. The van der Waals surface area contributed by atoms with Crippen molar-refractivity contribution >= 4 is 33.4 Å². The molecule has 5 heteroatoms. The Kier molecular flexibility index (Phi) is 1.61. The number of halogens is 1. The van der Waals surface area contributed by atoms with Gasteiger partial charge < -0.3 is 0 Å². The van der Waals surface area contributed by atoms with Crippen LogP contribution in [0, 0.1) is 0 Å². The first-order valence-electron chi connectivity index (χ1n) is 4.32. The second kappa shape index (κ2) is 2.84. The van der Waals surface area contributed by atoms with E-state index in [4.69, 9.17) is 16.2 Å². The van der Waals surface area contributed by atoms with E-state index in [1.165, 1.54) is 12.1 Å². The first kappa shape index (κ1) is 8.49. The number of benzene rings is 2. The zero-order chi connectivity index (χ0) is 10.4. The average Bonchev–Trinajstić information content (AvgIpc) is 2.66. The van der Waals surface area contributed by atoms with Crippen LogP contribution in [0.15, 0.2) is 33.7 Å². The van der Waals surface area contributed by atoms with Gasteiger partial charge in [0.25, 0.3) is 0 Å². The number of nitrogens with zero attached hydrogens (tertiary/aromatic N) is 1. The van der Waals surface area contributed by atoms with Crippen LogP contribution in [0.2, 0.25) is 5.02 Å². The smallest absolute Gasteiger partial charge is 0.179 e. The Hall–Kier alpha value is -1.81. The van der Waals surface area contributed by atoms with Gasteiger partial charge in [-0.15, -0.1) is 0 Å². The molecular weight excluding hydrogens is 216 g/mol. The van der Waals surface area contributed by atoms with E-state index in [1.807, 2.05) is 0 Å². The fourth-order valence-electron chi connectivity index (χ4n) is 1.65. The van der Waals surface area contributed by atoms with Crippen LogP contribution < -0.4 is 5.43 Å². The highest BCUT2D eigenvalue weighted by Gasteiger charge is 2.08. The van der Waals surface area contributed by atoms with E-state index in [2.05, 4.69) is 10.3 Å². The van der Waals surface area contributed by atoms with Crippen LogP contribution in [0.5, 0.6) is 0 Å². The van der Waals surface area contributed by atoms with Crippen molar-refractivity contribution in [2.75, 3.05) is 0 Å². The number of H-pyrrole nitrogens is 1. The van der Waals surface area contributed by atoms with Gasteiger partial charge in [0.15, 0.2) is 10.9 Å². The topological polar surface area (TPSA) is 58.9 Å². The molecule has 74 valence electrons. The molecule has 1 N–H and O–H groups in total. The lowest BCUT2D eigenvalue weighted by Gasteiger charge is -1.97. The molecule has 0 radical (unpaired) electrons. The van der Waals surface area contributed by atoms with Crippen LogP contribution in [-0.4, -0.2) is 10.3 Å². The van der Waals surface area contributed by atoms with E-state index in [9.17, 15) is 4.79 Å². The monoisotopic (exact) mass is 220 g/mol. The molecule has 0 unspecified atom stereocenters. The van der Waals surface area contributed by atoms with Crippen LogP contribution in [0.4, 0.5) is 0 Å². The predicted octanol–water partition coefficient (Wildman–Crippen LogP) is 2.32. The minimum atomic E-state index is -0.0469. The molecule has 0 saturated carbocycles. The van der Waals surface area contributed by atoms with Gasteiger partial charge in [-0.1, -0.05) is 16.8 Å². The summed E-state index contributed by atoms with van der Waals surface area (Å²) < 4.78 is 4.75. The van der Waals surface area contributed by atoms with E-state index in [0.29, 0.717) is 16.1 Å². The first-order chi connectivity index (χ1) is 7.25. The summed E-state index contributed by atoms with van der Waals surface area (Å²) >= 11 is 5.99.